The minimum atomic E-state index is -0.119. The predicted octanol–water partition coefficient (Wildman–Crippen LogP) is 13.7. The number of fused-ring (bicyclic) bond motifs is 1. The maximum absolute atomic E-state index is 11.7. The number of aryl methyl sites for hydroxylation is 2. The topological polar surface area (TPSA) is 50.9 Å². The summed E-state index contributed by atoms with van der Waals surface area (Å²) in [5, 5.41) is 11.7. The SMILES string of the molecule is Cc1cc(C)c(O)c(-c2nc3c(-c4cc(-c5cc(-c6ccccc6)ccn5)cc(C(C)(C)C)c4)cccc3n2-c2cc(-c3ccccc3)cc(C(C)(C)C)c2)c1. The number of phenolic OH excluding ortho intramolecular Hbond substituents is 1. The summed E-state index contributed by atoms with van der Waals surface area (Å²) in [7, 11) is 0. The highest BCUT2D eigenvalue weighted by molar-refractivity contribution is 5.97. The molecule has 0 spiro atoms. The first-order chi connectivity index (χ1) is 26.7. The van der Waals surface area contributed by atoms with Gasteiger partial charge in [-0.15, -0.1) is 0 Å². The van der Waals surface area contributed by atoms with Crippen molar-refractivity contribution in [3.63, 3.8) is 0 Å². The third-order valence-corrected chi connectivity index (χ3v) is 10.8. The Morgan fingerprint density at radius 3 is 1.82 bits per heavy atom. The van der Waals surface area contributed by atoms with Crippen molar-refractivity contribution < 1.29 is 5.11 Å². The largest absolute Gasteiger partial charge is 0.507 e. The molecule has 56 heavy (non-hydrogen) atoms. The zero-order valence-electron chi connectivity index (χ0n) is 33.6. The average Bonchev–Trinajstić information content (AvgIpc) is 3.59. The van der Waals surface area contributed by atoms with E-state index in [4.69, 9.17) is 9.97 Å². The summed E-state index contributed by atoms with van der Waals surface area (Å²) in [4.78, 5) is 10.4. The summed E-state index contributed by atoms with van der Waals surface area (Å²) in [5.74, 6) is 0.941. The maximum atomic E-state index is 11.7. The van der Waals surface area contributed by atoms with E-state index in [0.717, 1.165) is 72.5 Å². The molecule has 1 N–H and O–H groups in total. The van der Waals surface area contributed by atoms with Crippen LogP contribution in [0, 0.1) is 13.8 Å². The van der Waals surface area contributed by atoms with Crippen LogP contribution in [0.2, 0.25) is 0 Å². The number of pyridine rings is 1. The van der Waals surface area contributed by atoms with E-state index >= 15 is 0 Å². The number of aromatic nitrogens is 3. The molecule has 0 fully saturated rings. The van der Waals surface area contributed by atoms with Gasteiger partial charge < -0.3 is 5.11 Å². The van der Waals surface area contributed by atoms with Gasteiger partial charge in [-0.05, 0) is 123 Å². The summed E-state index contributed by atoms with van der Waals surface area (Å²) in [6.07, 6.45) is 1.90. The van der Waals surface area contributed by atoms with Crippen LogP contribution in [0.15, 0.2) is 146 Å². The van der Waals surface area contributed by atoms with E-state index in [1.54, 1.807) is 0 Å². The van der Waals surface area contributed by atoms with E-state index in [1.165, 1.54) is 11.1 Å². The maximum Gasteiger partial charge on any atom is 0.149 e. The fourth-order valence-electron chi connectivity index (χ4n) is 7.64. The van der Waals surface area contributed by atoms with Crippen LogP contribution in [0.4, 0.5) is 0 Å². The first kappa shape index (κ1) is 36.7. The van der Waals surface area contributed by atoms with Gasteiger partial charge in [-0.25, -0.2) is 4.98 Å². The lowest BCUT2D eigenvalue weighted by molar-refractivity contribution is 0.472. The zero-order valence-corrected chi connectivity index (χ0v) is 33.6. The summed E-state index contributed by atoms with van der Waals surface area (Å²) >= 11 is 0. The van der Waals surface area contributed by atoms with Crippen LogP contribution in [-0.4, -0.2) is 19.6 Å². The minimum absolute atomic E-state index is 0.112. The van der Waals surface area contributed by atoms with Crippen molar-refractivity contribution in [3.05, 3.63) is 168 Å². The highest BCUT2D eigenvalue weighted by atomic mass is 16.3. The Balaban J connectivity index is 1.41. The number of aromatic hydroxyl groups is 1. The molecule has 0 saturated carbocycles. The lowest BCUT2D eigenvalue weighted by atomic mass is 9.83. The zero-order chi connectivity index (χ0) is 39.4. The monoisotopic (exact) mass is 731 g/mol. The molecule has 6 aromatic carbocycles. The first-order valence-electron chi connectivity index (χ1n) is 19.5. The Hall–Kier alpha value is -6.26. The van der Waals surface area contributed by atoms with E-state index in [2.05, 4.69) is 180 Å². The second kappa shape index (κ2) is 14.1. The standard InChI is InChI=1S/C52H49N3O/c1-33-24-34(2)49(56)45(25-33)50-54-48-44(20-15-21-47(48)55(50)43-30-38(36-18-13-10-14-19-36)27-42(32-43)52(6,7)8)39-26-40(29-41(28-39)51(3,4)5)46-31-37(22-23-53-46)35-16-11-9-12-17-35/h9-32,56H,1-8H3. The van der Waals surface area contributed by atoms with Crippen molar-refractivity contribution in [2.45, 2.75) is 66.2 Å². The van der Waals surface area contributed by atoms with E-state index in [1.807, 2.05) is 25.3 Å². The highest BCUT2D eigenvalue weighted by Crippen LogP contribution is 2.42. The highest BCUT2D eigenvalue weighted by Gasteiger charge is 2.25. The average molecular weight is 732 g/mol. The van der Waals surface area contributed by atoms with Crippen LogP contribution in [-0.2, 0) is 10.8 Å². The third-order valence-electron chi connectivity index (χ3n) is 10.8. The first-order valence-corrected chi connectivity index (χ1v) is 19.5. The number of rotatable bonds is 6. The van der Waals surface area contributed by atoms with Crippen LogP contribution in [0.1, 0.15) is 63.8 Å². The molecule has 8 rings (SSSR count). The Bertz CT molecular complexity index is 2730. The second-order valence-corrected chi connectivity index (χ2v) is 17.2. The Labute approximate surface area is 331 Å². The van der Waals surface area contributed by atoms with Gasteiger partial charge in [0.25, 0.3) is 0 Å². The lowest BCUT2D eigenvalue weighted by Gasteiger charge is -2.23. The van der Waals surface area contributed by atoms with Crippen LogP contribution in [0.3, 0.4) is 0 Å². The summed E-state index contributed by atoms with van der Waals surface area (Å²) in [6, 6.07) is 49.5. The fourth-order valence-corrected chi connectivity index (χ4v) is 7.64. The molecule has 0 aliphatic carbocycles. The van der Waals surface area contributed by atoms with Gasteiger partial charge in [-0.3, -0.25) is 9.55 Å². The Kier molecular flexibility index (Phi) is 9.25. The number of phenols is 1. The molecule has 2 heterocycles. The molecule has 0 aliphatic heterocycles. The van der Waals surface area contributed by atoms with Gasteiger partial charge in [-0.2, -0.15) is 0 Å². The fraction of sp³-hybridized carbons (Fsp3) is 0.192. The minimum Gasteiger partial charge on any atom is -0.507 e. The number of para-hydroxylation sites is 1. The molecule has 0 unspecified atom stereocenters. The molecule has 0 radical (unpaired) electrons. The molecule has 2 aromatic heterocycles. The van der Waals surface area contributed by atoms with Crippen LogP contribution in [0.5, 0.6) is 5.75 Å². The van der Waals surface area contributed by atoms with Crippen LogP contribution < -0.4 is 0 Å². The predicted molar refractivity (Wildman–Crippen MR) is 235 cm³/mol. The number of nitrogens with zero attached hydrogens (tertiary/aromatic N) is 3. The molecule has 8 aromatic rings. The van der Waals surface area contributed by atoms with Gasteiger partial charge >= 0.3 is 0 Å². The number of benzene rings is 6. The summed E-state index contributed by atoms with van der Waals surface area (Å²) in [5.41, 5.74) is 16.3. The van der Waals surface area contributed by atoms with Gasteiger partial charge in [-0.1, -0.05) is 133 Å². The quantitative estimate of drug-likeness (QED) is 0.185. The molecule has 278 valence electrons. The van der Waals surface area contributed by atoms with Gasteiger partial charge in [0, 0.05) is 23.0 Å². The van der Waals surface area contributed by atoms with Crippen molar-refractivity contribution in [2.75, 3.05) is 0 Å². The van der Waals surface area contributed by atoms with Crippen LogP contribution in [0.25, 0.3) is 72.7 Å². The Morgan fingerprint density at radius 2 is 1.14 bits per heavy atom. The smallest absolute Gasteiger partial charge is 0.149 e. The van der Waals surface area contributed by atoms with Crippen molar-refractivity contribution in [3.8, 4) is 67.5 Å². The molecule has 4 heteroatoms. The van der Waals surface area contributed by atoms with E-state index in [9.17, 15) is 5.11 Å². The molecular formula is C52H49N3O. The number of imidazole rings is 1. The Morgan fingerprint density at radius 1 is 0.518 bits per heavy atom. The van der Waals surface area contributed by atoms with Crippen molar-refractivity contribution in [1.29, 1.82) is 0 Å². The van der Waals surface area contributed by atoms with Gasteiger partial charge in [0.1, 0.15) is 11.6 Å². The van der Waals surface area contributed by atoms with Gasteiger partial charge in [0.2, 0.25) is 0 Å². The normalized spacial score (nSPS) is 12.0. The molecule has 0 atom stereocenters. The van der Waals surface area contributed by atoms with Crippen molar-refractivity contribution in [2.24, 2.45) is 0 Å². The molecule has 0 saturated heterocycles. The van der Waals surface area contributed by atoms with Gasteiger partial charge in [0.05, 0.1) is 22.3 Å². The molecule has 4 nitrogen and oxygen atoms in total. The summed E-state index contributed by atoms with van der Waals surface area (Å²) in [6.45, 7) is 17.6. The van der Waals surface area contributed by atoms with Gasteiger partial charge in [0.15, 0.2) is 0 Å². The second-order valence-electron chi connectivity index (χ2n) is 17.2. The van der Waals surface area contributed by atoms with E-state index in [0.29, 0.717) is 11.4 Å². The van der Waals surface area contributed by atoms with Crippen molar-refractivity contribution in [1.82, 2.24) is 14.5 Å². The van der Waals surface area contributed by atoms with Crippen LogP contribution >= 0.6 is 0 Å². The van der Waals surface area contributed by atoms with E-state index in [-0.39, 0.29) is 16.6 Å². The number of hydrogen-bond donors (Lipinski definition) is 1. The molecule has 0 bridgehead atoms. The molecule has 0 aliphatic rings. The summed E-state index contributed by atoms with van der Waals surface area (Å²) < 4.78 is 2.24. The third kappa shape index (κ3) is 7.04. The number of hydrogen-bond acceptors (Lipinski definition) is 3. The van der Waals surface area contributed by atoms with Crippen molar-refractivity contribution >= 4 is 11.0 Å². The lowest BCUT2D eigenvalue weighted by Crippen LogP contribution is -2.12. The van der Waals surface area contributed by atoms with E-state index < -0.39 is 0 Å². The molecule has 0 amide bonds. The molecular weight excluding hydrogens is 683 g/mol.